The lowest BCUT2D eigenvalue weighted by molar-refractivity contribution is -0.385. The van der Waals surface area contributed by atoms with Gasteiger partial charge in [-0.2, -0.15) is 0 Å². The molecule has 0 saturated heterocycles. The van der Waals surface area contributed by atoms with Gasteiger partial charge in [-0.1, -0.05) is 13.8 Å². The van der Waals surface area contributed by atoms with Crippen molar-refractivity contribution in [2.75, 3.05) is 11.9 Å². The molecule has 0 atom stereocenters. The zero-order chi connectivity index (χ0) is 13.8. The van der Waals surface area contributed by atoms with E-state index in [0.29, 0.717) is 11.4 Å². The van der Waals surface area contributed by atoms with Crippen molar-refractivity contribution in [3.05, 3.63) is 27.9 Å². The smallest absolute Gasteiger partial charge is 0.287 e. The molecule has 0 saturated carbocycles. The molecule has 0 bridgehead atoms. The molecule has 0 aliphatic heterocycles. The minimum Gasteiger partial charge on any atom is -0.394 e. The summed E-state index contributed by atoms with van der Waals surface area (Å²) in [6.07, 6.45) is 2.72. The normalized spacial score (nSPS) is 11.3. The van der Waals surface area contributed by atoms with Gasteiger partial charge in [-0.3, -0.25) is 10.1 Å². The number of rotatable bonds is 6. The van der Waals surface area contributed by atoms with Gasteiger partial charge in [0.2, 0.25) is 0 Å². The Bertz CT molecular complexity index is 422. The largest absolute Gasteiger partial charge is 0.394 e. The average Bonchev–Trinajstić information content (AvgIpc) is 2.38. The van der Waals surface area contributed by atoms with Crippen LogP contribution in [-0.2, 0) is 0 Å². The quantitative estimate of drug-likeness (QED) is 0.599. The lowest BCUT2D eigenvalue weighted by Crippen LogP contribution is -2.41. The first-order valence-electron chi connectivity index (χ1n) is 5.98. The van der Waals surface area contributed by atoms with E-state index >= 15 is 0 Å². The molecule has 6 heteroatoms. The van der Waals surface area contributed by atoms with Gasteiger partial charge in [-0.15, -0.1) is 0 Å². The Labute approximate surface area is 106 Å². The Balaban J connectivity index is 3.01. The van der Waals surface area contributed by atoms with Gasteiger partial charge in [0.25, 0.3) is 5.69 Å². The molecule has 0 spiro atoms. The molecule has 1 aromatic heterocycles. The fourth-order valence-electron chi connectivity index (χ4n) is 1.73. The zero-order valence-corrected chi connectivity index (χ0v) is 10.9. The lowest BCUT2D eigenvalue weighted by atomic mass is 9.93. The molecule has 2 N–H and O–H groups in total. The van der Waals surface area contributed by atoms with Crippen molar-refractivity contribution in [3.63, 3.8) is 0 Å². The molecule has 0 amide bonds. The Morgan fingerprint density at radius 1 is 1.50 bits per heavy atom. The van der Waals surface area contributed by atoms with Crippen LogP contribution in [0.3, 0.4) is 0 Å². The standard InChI is InChI=1S/C12H19N3O3/c1-4-12(5-2,8-16)14-11-9(3)6-10(7-13-11)15(17)18/h6-7,16H,4-5,8H2,1-3H3,(H,13,14). The Morgan fingerprint density at radius 2 is 2.11 bits per heavy atom. The highest BCUT2D eigenvalue weighted by molar-refractivity contribution is 5.49. The Hall–Kier alpha value is -1.69. The van der Waals surface area contributed by atoms with Crippen LogP contribution in [0.2, 0.25) is 0 Å². The number of aromatic nitrogens is 1. The highest BCUT2D eigenvalue weighted by Crippen LogP contribution is 2.24. The number of nitro groups is 1. The van der Waals surface area contributed by atoms with Crippen LogP contribution < -0.4 is 5.32 Å². The molecule has 1 aromatic rings. The molecular weight excluding hydrogens is 234 g/mol. The van der Waals surface area contributed by atoms with E-state index in [2.05, 4.69) is 10.3 Å². The van der Waals surface area contributed by atoms with Crippen molar-refractivity contribution in [3.8, 4) is 0 Å². The van der Waals surface area contributed by atoms with Crippen LogP contribution in [0, 0.1) is 17.0 Å². The van der Waals surface area contributed by atoms with Gasteiger partial charge in [0.1, 0.15) is 12.0 Å². The molecule has 0 aliphatic rings. The fourth-order valence-corrected chi connectivity index (χ4v) is 1.73. The maximum atomic E-state index is 10.6. The minimum atomic E-state index is -0.470. The molecule has 0 fully saturated rings. The van der Waals surface area contributed by atoms with Crippen molar-refractivity contribution < 1.29 is 10.0 Å². The second-order valence-corrected chi connectivity index (χ2v) is 4.39. The zero-order valence-electron chi connectivity index (χ0n) is 10.9. The number of aliphatic hydroxyl groups is 1. The van der Waals surface area contributed by atoms with E-state index in [9.17, 15) is 15.2 Å². The monoisotopic (exact) mass is 253 g/mol. The maximum Gasteiger partial charge on any atom is 0.287 e. The van der Waals surface area contributed by atoms with Crippen molar-refractivity contribution in [2.45, 2.75) is 39.2 Å². The molecule has 6 nitrogen and oxygen atoms in total. The first kappa shape index (κ1) is 14.4. The Kier molecular flexibility index (Phi) is 4.61. The third-order valence-corrected chi connectivity index (χ3v) is 3.31. The van der Waals surface area contributed by atoms with E-state index in [-0.39, 0.29) is 12.3 Å². The topological polar surface area (TPSA) is 88.3 Å². The third kappa shape index (κ3) is 2.95. The number of aliphatic hydroxyl groups excluding tert-OH is 1. The van der Waals surface area contributed by atoms with E-state index < -0.39 is 10.5 Å². The summed E-state index contributed by atoms with van der Waals surface area (Å²) in [4.78, 5) is 14.2. The van der Waals surface area contributed by atoms with E-state index in [1.165, 1.54) is 12.3 Å². The molecule has 0 unspecified atom stereocenters. The van der Waals surface area contributed by atoms with Crippen molar-refractivity contribution in [1.82, 2.24) is 4.98 Å². The van der Waals surface area contributed by atoms with Crippen LogP contribution >= 0.6 is 0 Å². The van der Waals surface area contributed by atoms with Crippen LogP contribution in [-0.4, -0.2) is 27.2 Å². The number of hydrogen-bond donors (Lipinski definition) is 2. The van der Waals surface area contributed by atoms with Crippen molar-refractivity contribution >= 4 is 11.5 Å². The van der Waals surface area contributed by atoms with E-state index in [0.717, 1.165) is 12.8 Å². The molecule has 1 rings (SSSR count). The van der Waals surface area contributed by atoms with Crippen LogP contribution in [0.1, 0.15) is 32.3 Å². The second-order valence-electron chi connectivity index (χ2n) is 4.39. The van der Waals surface area contributed by atoms with Gasteiger partial charge < -0.3 is 10.4 Å². The van der Waals surface area contributed by atoms with E-state index in [1.807, 2.05) is 13.8 Å². The van der Waals surface area contributed by atoms with Gasteiger partial charge in [-0.25, -0.2) is 4.98 Å². The molecular formula is C12H19N3O3. The Morgan fingerprint density at radius 3 is 2.50 bits per heavy atom. The third-order valence-electron chi connectivity index (χ3n) is 3.31. The molecule has 0 radical (unpaired) electrons. The number of nitrogens with one attached hydrogen (secondary N) is 1. The second kappa shape index (κ2) is 5.77. The molecule has 100 valence electrons. The highest BCUT2D eigenvalue weighted by atomic mass is 16.6. The summed E-state index contributed by atoms with van der Waals surface area (Å²) < 4.78 is 0. The van der Waals surface area contributed by atoms with E-state index in [4.69, 9.17) is 0 Å². The summed E-state index contributed by atoms with van der Waals surface area (Å²) in [6.45, 7) is 5.72. The average molecular weight is 253 g/mol. The maximum absolute atomic E-state index is 10.6. The van der Waals surface area contributed by atoms with Crippen LogP contribution in [0.15, 0.2) is 12.3 Å². The number of anilines is 1. The predicted molar refractivity (Wildman–Crippen MR) is 69.6 cm³/mol. The summed E-state index contributed by atoms with van der Waals surface area (Å²) in [6, 6.07) is 1.47. The highest BCUT2D eigenvalue weighted by Gasteiger charge is 2.26. The van der Waals surface area contributed by atoms with Gasteiger partial charge in [0, 0.05) is 6.07 Å². The molecule has 0 aliphatic carbocycles. The first-order chi connectivity index (χ1) is 8.48. The molecule has 0 aromatic carbocycles. The van der Waals surface area contributed by atoms with Crippen LogP contribution in [0.4, 0.5) is 11.5 Å². The summed E-state index contributed by atoms with van der Waals surface area (Å²) in [7, 11) is 0. The molecule has 18 heavy (non-hydrogen) atoms. The SMILES string of the molecule is CCC(CC)(CO)Nc1ncc([N+](=O)[O-])cc1C. The molecule has 1 heterocycles. The summed E-state index contributed by atoms with van der Waals surface area (Å²) >= 11 is 0. The van der Waals surface area contributed by atoms with Gasteiger partial charge >= 0.3 is 0 Å². The first-order valence-corrected chi connectivity index (χ1v) is 5.98. The van der Waals surface area contributed by atoms with Crippen LogP contribution in [0.25, 0.3) is 0 Å². The number of nitrogens with zero attached hydrogens (tertiary/aromatic N) is 2. The van der Waals surface area contributed by atoms with E-state index in [1.54, 1.807) is 6.92 Å². The van der Waals surface area contributed by atoms with Gasteiger partial charge in [-0.05, 0) is 25.3 Å². The fraction of sp³-hybridized carbons (Fsp3) is 0.583. The lowest BCUT2D eigenvalue weighted by Gasteiger charge is -2.31. The summed E-state index contributed by atoms with van der Waals surface area (Å²) in [5.41, 5.74) is 0.248. The van der Waals surface area contributed by atoms with Crippen molar-refractivity contribution in [2.24, 2.45) is 0 Å². The van der Waals surface area contributed by atoms with Crippen molar-refractivity contribution in [1.29, 1.82) is 0 Å². The number of hydrogen-bond acceptors (Lipinski definition) is 5. The van der Waals surface area contributed by atoms with Crippen LogP contribution in [0.5, 0.6) is 0 Å². The number of pyridine rings is 1. The van der Waals surface area contributed by atoms with Gasteiger partial charge in [0.15, 0.2) is 0 Å². The minimum absolute atomic E-state index is 0.00188. The van der Waals surface area contributed by atoms with Gasteiger partial charge in [0.05, 0.1) is 17.1 Å². The number of aryl methyl sites for hydroxylation is 1. The summed E-state index contributed by atoms with van der Waals surface area (Å²) in [5.74, 6) is 0.582. The summed E-state index contributed by atoms with van der Waals surface area (Å²) in [5, 5.41) is 23.3. The predicted octanol–water partition coefficient (Wildman–Crippen LogP) is 2.26.